The van der Waals surface area contributed by atoms with E-state index in [1.807, 2.05) is 7.05 Å². The highest BCUT2D eigenvalue weighted by molar-refractivity contribution is 5.60. The molecule has 0 aliphatic rings. The molecule has 0 fully saturated rings. The number of benzene rings is 2. The van der Waals surface area contributed by atoms with Crippen LogP contribution < -0.4 is 10.6 Å². The van der Waals surface area contributed by atoms with E-state index >= 15 is 0 Å². The molecule has 5 heteroatoms. The standard InChI is InChI=1S/C16H19N3O2/c1-11-4-6-15(12(2)8-11)18(3)10-13-5-7-16(19(20)21)14(17)9-13/h4-9H,10,17H2,1-3H3. The van der Waals surface area contributed by atoms with Gasteiger partial charge in [-0.15, -0.1) is 0 Å². The fourth-order valence-corrected chi connectivity index (χ4v) is 2.46. The zero-order valence-corrected chi connectivity index (χ0v) is 12.5. The van der Waals surface area contributed by atoms with Gasteiger partial charge in [-0.05, 0) is 37.1 Å². The van der Waals surface area contributed by atoms with Crippen LogP contribution in [0.4, 0.5) is 17.1 Å². The summed E-state index contributed by atoms with van der Waals surface area (Å²) in [5.41, 5.74) is 10.4. The Labute approximate surface area is 124 Å². The maximum atomic E-state index is 10.8. The van der Waals surface area contributed by atoms with Crippen LogP contribution in [0.15, 0.2) is 36.4 Å². The van der Waals surface area contributed by atoms with E-state index in [1.54, 1.807) is 12.1 Å². The van der Waals surface area contributed by atoms with Crippen molar-refractivity contribution in [3.05, 3.63) is 63.2 Å². The summed E-state index contributed by atoms with van der Waals surface area (Å²) in [5, 5.41) is 10.8. The first kappa shape index (κ1) is 14.8. The second kappa shape index (κ2) is 5.83. The first-order valence-electron chi connectivity index (χ1n) is 6.69. The Hall–Kier alpha value is -2.56. The van der Waals surface area contributed by atoms with Crippen molar-refractivity contribution in [3.8, 4) is 0 Å². The number of nitrogens with zero attached hydrogens (tertiary/aromatic N) is 2. The molecule has 110 valence electrons. The highest BCUT2D eigenvalue weighted by Crippen LogP contribution is 2.25. The minimum atomic E-state index is -0.465. The highest BCUT2D eigenvalue weighted by atomic mass is 16.6. The van der Waals surface area contributed by atoms with Gasteiger partial charge in [0.15, 0.2) is 0 Å². The maximum Gasteiger partial charge on any atom is 0.292 e. The molecule has 5 nitrogen and oxygen atoms in total. The van der Waals surface area contributed by atoms with Crippen molar-refractivity contribution in [1.29, 1.82) is 0 Å². The van der Waals surface area contributed by atoms with E-state index in [2.05, 4.69) is 36.9 Å². The molecule has 0 bridgehead atoms. The number of nitrogens with two attached hydrogens (primary N) is 1. The van der Waals surface area contributed by atoms with Crippen molar-refractivity contribution in [3.63, 3.8) is 0 Å². The van der Waals surface area contributed by atoms with E-state index in [1.165, 1.54) is 17.2 Å². The van der Waals surface area contributed by atoms with E-state index in [0.717, 1.165) is 11.3 Å². The van der Waals surface area contributed by atoms with Crippen molar-refractivity contribution in [2.75, 3.05) is 17.7 Å². The van der Waals surface area contributed by atoms with Gasteiger partial charge in [0.05, 0.1) is 4.92 Å². The molecule has 2 rings (SSSR count). The summed E-state index contributed by atoms with van der Waals surface area (Å²) in [6.45, 7) is 4.78. The predicted molar refractivity (Wildman–Crippen MR) is 85.5 cm³/mol. The number of nitro groups is 1. The Balaban J connectivity index is 2.21. The largest absolute Gasteiger partial charge is 0.393 e. The molecule has 21 heavy (non-hydrogen) atoms. The van der Waals surface area contributed by atoms with Crippen LogP contribution in [0.1, 0.15) is 16.7 Å². The molecule has 0 unspecified atom stereocenters. The minimum Gasteiger partial charge on any atom is -0.393 e. The van der Waals surface area contributed by atoms with Crippen LogP contribution in [0.25, 0.3) is 0 Å². The van der Waals surface area contributed by atoms with Gasteiger partial charge in [0.2, 0.25) is 0 Å². The van der Waals surface area contributed by atoms with Crippen LogP contribution in [0.2, 0.25) is 0 Å². The summed E-state index contributed by atoms with van der Waals surface area (Å²) in [4.78, 5) is 12.4. The molecule has 0 aliphatic carbocycles. The van der Waals surface area contributed by atoms with Gasteiger partial charge in [0.25, 0.3) is 5.69 Å². The molecule has 2 N–H and O–H groups in total. The molecule has 0 saturated carbocycles. The van der Waals surface area contributed by atoms with Crippen LogP contribution >= 0.6 is 0 Å². The lowest BCUT2D eigenvalue weighted by Crippen LogP contribution is -2.17. The van der Waals surface area contributed by atoms with Crippen LogP contribution in [0, 0.1) is 24.0 Å². The summed E-state index contributed by atoms with van der Waals surface area (Å²) in [6.07, 6.45) is 0. The summed E-state index contributed by atoms with van der Waals surface area (Å²) in [5.74, 6) is 0. The molecule has 0 radical (unpaired) electrons. The monoisotopic (exact) mass is 285 g/mol. The van der Waals surface area contributed by atoms with Crippen LogP contribution in [-0.4, -0.2) is 12.0 Å². The fourth-order valence-electron chi connectivity index (χ4n) is 2.46. The average molecular weight is 285 g/mol. The molecule has 0 heterocycles. The lowest BCUT2D eigenvalue weighted by atomic mass is 10.1. The number of hydrogen-bond acceptors (Lipinski definition) is 4. The van der Waals surface area contributed by atoms with Gasteiger partial charge in [0.1, 0.15) is 5.69 Å². The number of anilines is 2. The second-order valence-corrected chi connectivity index (χ2v) is 5.30. The van der Waals surface area contributed by atoms with E-state index in [0.29, 0.717) is 6.54 Å². The van der Waals surface area contributed by atoms with Crippen molar-refractivity contribution >= 4 is 17.1 Å². The molecule has 0 amide bonds. The number of rotatable bonds is 4. The van der Waals surface area contributed by atoms with Crippen molar-refractivity contribution < 1.29 is 4.92 Å². The lowest BCUT2D eigenvalue weighted by molar-refractivity contribution is -0.383. The first-order chi connectivity index (χ1) is 9.88. The number of aryl methyl sites for hydroxylation is 2. The van der Waals surface area contributed by atoms with Gasteiger partial charge in [-0.25, -0.2) is 0 Å². The van der Waals surface area contributed by atoms with Crippen molar-refractivity contribution in [2.45, 2.75) is 20.4 Å². The lowest BCUT2D eigenvalue weighted by Gasteiger charge is -2.22. The molecule has 0 atom stereocenters. The first-order valence-corrected chi connectivity index (χ1v) is 6.69. The molecule has 2 aromatic carbocycles. The third kappa shape index (κ3) is 3.31. The number of hydrogen-bond donors (Lipinski definition) is 1. The van der Waals surface area contributed by atoms with E-state index in [9.17, 15) is 10.1 Å². The topological polar surface area (TPSA) is 72.4 Å². The van der Waals surface area contributed by atoms with Gasteiger partial charge in [-0.2, -0.15) is 0 Å². The van der Waals surface area contributed by atoms with Crippen LogP contribution in [0.3, 0.4) is 0 Å². The number of nitrogen functional groups attached to an aromatic ring is 1. The normalized spacial score (nSPS) is 10.4. The average Bonchev–Trinajstić information content (AvgIpc) is 2.37. The van der Waals surface area contributed by atoms with E-state index < -0.39 is 4.92 Å². The maximum absolute atomic E-state index is 10.8. The Morgan fingerprint density at radius 2 is 1.90 bits per heavy atom. The molecule has 0 aliphatic heterocycles. The third-order valence-electron chi connectivity index (χ3n) is 3.47. The summed E-state index contributed by atoms with van der Waals surface area (Å²) < 4.78 is 0. The Morgan fingerprint density at radius 3 is 2.48 bits per heavy atom. The quantitative estimate of drug-likeness (QED) is 0.530. The van der Waals surface area contributed by atoms with Crippen LogP contribution in [-0.2, 0) is 6.54 Å². The van der Waals surface area contributed by atoms with Gasteiger partial charge in [-0.3, -0.25) is 10.1 Å². The van der Waals surface area contributed by atoms with Gasteiger partial charge in [0, 0.05) is 25.3 Å². The Morgan fingerprint density at radius 1 is 1.19 bits per heavy atom. The molecule has 0 aromatic heterocycles. The van der Waals surface area contributed by atoms with E-state index in [-0.39, 0.29) is 11.4 Å². The van der Waals surface area contributed by atoms with Gasteiger partial charge >= 0.3 is 0 Å². The van der Waals surface area contributed by atoms with Gasteiger partial charge < -0.3 is 10.6 Å². The van der Waals surface area contributed by atoms with Crippen molar-refractivity contribution in [1.82, 2.24) is 0 Å². The van der Waals surface area contributed by atoms with Crippen molar-refractivity contribution in [2.24, 2.45) is 0 Å². The van der Waals surface area contributed by atoms with Gasteiger partial charge in [-0.1, -0.05) is 23.8 Å². The minimum absolute atomic E-state index is 0.0482. The third-order valence-corrected chi connectivity index (χ3v) is 3.47. The SMILES string of the molecule is Cc1ccc(N(C)Cc2ccc([N+](=O)[O-])c(N)c2)c(C)c1. The summed E-state index contributed by atoms with van der Waals surface area (Å²) in [7, 11) is 2.00. The van der Waals surface area contributed by atoms with Crippen LogP contribution in [0.5, 0.6) is 0 Å². The molecule has 0 saturated heterocycles. The molecule has 2 aromatic rings. The number of nitro benzene ring substituents is 1. The summed E-state index contributed by atoms with van der Waals surface area (Å²) >= 11 is 0. The molecular weight excluding hydrogens is 266 g/mol. The Bertz CT molecular complexity index is 683. The zero-order valence-electron chi connectivity index (χ0n) is 12.5. The zero-order chi connectivity index (χ0) is 15.6. The second-order valence-electron chi connectivity index (χ2n) is 5.30. The molecule has 0 spiro atoms. The van der Waals surface area contributed by atoms with E-state index in [4.69, 9.17) is 5.73 Å². The predicted octanol–water partition coefficient (Wildman–Crippen LogP) is 3.43. The smallest absolute Gasteiger partial charge is 0.292 e. The summed E-state index contributed by atoms with van der Waals surface area (Å²) in [6, 6.07) is 11.2. The Kier molecular flexibility index (Phi) is 4.12. The fraction of sp³-hybridized carbons (Fsp3) is 0.250. The molecular formula is C16H19N3O2. The highest BCUT2D eigenvalue weighted by Gasteiger charge is 2.12.